The number of phenolic OH excluding ortho intramolecular Hbond substituents is 1. The van der Waals surface area contributed by atoms with Crippen LogP contribution in [-0.4, -0.2) is 11.1 Å². The third kappa shape index (κ3) is 5.55. The Morgan fingerprint density at radius 2 is 2.06 bits per heavy atom. The number of hydrogen-bond donors (Lipinski definition) is 2. The van der Waals surface area contributed by atoms with Gasteiger partial charge in [0.25, 0.3) is 0 Å². The number of phenols is 1. The largest absolute Gasteiger partial charge is 0.507 e. The van der Waals surface area contributed by atoms with E-state index in [1.165, 1.54) is 37.7 Å². The Hall–Kier alpha value is -0.540. The summed E-state index contributed by atoms with van der Waals surface area (Å²) in [6.07, 6.45) is 7.40. The van der Waals surface area contributed by atoms with E-state index in [2.05, 4.69) is 22.9 Å². The fraction of sp³-hybridized carbons (Fsp3) is 0.571. The van der Waals surface area contributed by atoms with Gasteiger partial charge in [-0.3, -0.25) is 0 Å². The van der Waals surface area contributed by atoms with Crippen molar-refractivity contribution in [2.75, 3.05) is 0 Å². The van der Waals surface area contributed by atoms with Gasteiger partial charge < -0.3 is 10.8 Å². The van der Waals surface area contributed by atoms with Gasteiger partial charge in [-0.2, -0.15) is 0 Å². The van der Waals surface area contributed by atoms with Crippen LogP contribution in [0.5, 0.6) is 5.75 Å². The van der Waals surface area contributed by atoms with Gasteiger partial charge >= 0.3 is 0 Å². The zero-order valence-electron chi connectivity index (χ0n) is 10.5. The molecule has 1 aromatic carbocycles. The molecule has 96 valence electrons. The maximum absolute atomic E-state index is 9.22. The fourth-order valence-electron chi connectivity index (χ4n) is 1.53. The van der Waals surface area contributed by atoms with E-state index in [1.54, 1.807) is 6.07 Å². The fourth-order valence-corrected chi connectivity index (χ4v) is 1.95. The van der Waals surface area contributed by atoms with Crippen LogP contribution in [0.25, 0.3) is 0 Å². The maximum Gasteiger partial charge on any atom is 0.129 e. The lowest BCUT2D eigenvalue weighted by Gasteiger charge is -2.18. The number of benzene rings is 1. The van der Waals surface area contributed by atoms with E-state index in [1.807, 2.05) is 12.1 Å². The molecule has 0 aromatic heterocycles. The smallest absolute Gasteiger partial charge is 0.129 e. The van der Waals surface area contributed by atoms with Crippen molar-refractivity contribution >= 4 is 15.9 Å². The summed E-state index contributed by atoms with van der Waals surface area (Å²) in [7, 11) is 0. The third-order valence-corrected chi connectivity index (χ3v) is 3.62. The highest BCUT2D eigenvalue weighted by molar-refractivity contribution is 9.10. The molecule has 0 amide bonds. The molecule has 0 saturated heterocycles. The van der Waals surface area contributed by atoms with Crippen LogP contribution in [0.4, 0.5) is 0 Å². The van der Waals surface area contributed by atoms with E-state index < -0.39 is 0 Å². The molecule has 2 nitrogen and oxygen atoms in total. The lowest BCUT2D eigenvalue weighted by Crippen LogP contribution is -2.27. The second kappa shape index (κ2) is 7.72. The van der Waals surface area contributed by atoms with Crippen LogP contribution < -0.4 is 5.73 Å². The van der Waals surface area contributed by atoms with E-state index in [-0.39, 0.29) is 0 Å². The van der Waals surface area contributed by atoms with Gasteiger partial charge in [-0.05, 0) is 59.3 Å². The van der Waals surface area contributed by atoms with Crippen molar-refractivity contribution < 1.29 is 5.11 Å². The molecule has 1 aromatic rings. The van der Waals surface area contributed by atoms with E-state index in [4.69, 9.17) is 5.73 Å². The molecule has 0 radical (unpaired) electrons. The second-order valence-electron chi connectivity index (χ2n) is 4.58. The number of aryl methyl sites for hydroxylation is 1. The standard InChI is InChI=1S/C10H13BrO.C4H9N/c1-2-3-4-8-5-6-10(12)9(11)7-8;5-4-2-1-3-4/h5-7,12H,2-4H2,1H3;4H,1-3,5H2. The minimum absolute atomic E-state index is 0.315. The first-order valence-corrected chi connectivity index (χ1v) is 7.15. The molecule has 17 heavy (non-hydrogen) atoms. The van der Waals surface area contributed by atoms with Crippen molar-refractivity contribution in [2.24, 2.45) is 5.73 Å². The molecule has 1 aliphatic rings. The monoisotopic (exact) mass is 299 g/mol. The highest BCUT2D eigenvalue weighted by Gasteiger charge is 2.09. The van der Waals surface area contributed by atoms with Crippen LogP contribution in [0.2, 0.25) is 0 Å². The van der Waals surface area contributed by atoms with Crippen LogP contribution in [0.1, 0.15) is 44.6 Å². The zero-order valence-corrected chi connectivity index (χ0v) is 12.0. The van der Waals surface area contributed by atoms with Crippen LogP contribution >= 0.6 is 15.9 Å². The van der Waals surface area contributed by atoms with Crippen LogP contribution in [0, 0.1) is 0 Å². The first-order valence-electron chi connectivity index (χ1n) is 6.36. The molecule has 0 unspecified atom stereocenters. The molecule has 0 heterocycles. The molecule has 1 fully saturated rings. The summed E-state index contributed by atoms with van der Waals surface area (Å²) in [6, 6.07) is 6.24. The van der Waals surface area contributed by atoms with Crippen LogP contribution in [0.3, 0.4) is 0 Å². The summed E-state index contributed by atoms with van der Waals surface area (Å²) < 4.78 is 0.788. The van der Waals surface area contributed by atoms with Crippen molar-refractivity contribution in [3.63, 3.8) is 0 Å². The molecular formula is C14H22BrNO. The van der Waals surface area contributed by atoms with Gasteiger partial charge in [-0.25, -0.2) is 0 Å². The minimum Gasteiger partial charge on any atom is -0.507 e. The van der Waals surface area contributed by atoms with Crippen molar-refractivity contribution in [2.45, 2.75) is 51.5 Å². The average Bonchev–Trinajstić information content (AvgIpc) is 2.29. The molecule has 0 spiro atoms. The molecule has 0 atom stereocenters. The van der Waals surface area contributed by atoms with Gasteiger partial charge in [0.2, 0.25) is 0 Å². The Labute approximate surface area is 112 Å². The molecule has 2 rings (SSSR count). The average molecular weight is 300 g/mol. The Morgan fingerprint density at radius 3 is 2.47 bits per heavy atom. The first kappa shape index (κ1) is 14.5. The van der Waals surface area contributed by atoms with Gasteiger partial charge in [-0.15, -0.1) is 0 Å². The summed E-state index contributed by atoms with van der Waals surface area (Å²) in [5, 5.41) is 9.22. The van der Waals surface area contributed by atoms with Crippen LogP contribution in [-0.2, 0) is 6.42 Å². The number of aromatic hydroxyl groups is 1. The van der Waals surface area contributed by atoms with Crippen molar-refractivity contribution in [1.82, 2.24) is 0 Å². The lowest BCUT2D eigenvalue weighted by molar-refractivity contribution is 0.418. The lowest BCUT2D eigenvalue weighted by atomic mass is 9.95. The summed E-state index contributed by atoms with van der Waals surface area (Å²) >= 11 is 3.29. The Balaban J connectivity index is 0.000000239. The van der Waals surface area contributed by atoms with Gasteiger partial charge in [0, 0.05) is 6.04 Å². The normalized spacial score (nSPS) is 14.8. The summed E-state index contributed by atoms with van der Waals surface area (Å²) in [4.78, 5) is 0. The highest BCUT2D eigenvalue weighted by Crippen LogP contribution is 2.24. The molecule has 0 aliphatic heterocycles. The van der Waals surface area contributed by atoms with Crippen molar-refractivity contribution in [3.05, 3.63) is 28.2 Å². The molecule has 1 saturated carbocycles. The zero-order chi connectivity index (χ0) is 12.7. The number of hydrogen-bond acceptors (Lipinski definition) is 2. The summed E-state index contributed by atoms with van der Waals surface area (Å²) in [6.45, 7) is 2.18. The summed E-state index contributed by atoms with van der Waals surface area (Å²) in [5.41, 5.74) is 6.66. The highest BCUT2D eigenvalue weighted by atomic mass is 79.9. The van der Waals surface area contributed by atoms with Gasteiger partial charge in [0.1, 0.15) is 5.75 Å². The number of rotatable bonds is 3. The predicted molar refractivity (Wildman–Crippen MR) is 76.2 cm³/mol. The van der Waals surface area contributed by atoms with Crippen LogP contribution in [0.15, 0.2) is 22.7 Å². The molecule has 0 bridgehead atoms. The topological polar surface area (TPSA) is 46.2 Å². The quantitative estimate of drug-likeness (QED) is 0.886. The molecule has 3 N–H and O–H groups in total. The molecule has 3 heteroatoms. The Morgan fingerprint density at radius 1 is 1.41 bits per heavy atom. The Kier molecular flexibility index (Phi) is 6.60. The maximum atomic E-state index is 9.22. The predicted octanol–water partition coefficient (Wildman–Crippen LogP) is 3.99. The van der Waals surface area contributed by atoms with Crippen molar-refractivity contribution in [1.29, 1.82) is 0 Å². The number of unbranched alkanes of at least 4 members (excludes halogenated alkanes) is 1. The molecule has 1 aliphatic carbocycles. The number of nitrogens with two attached hydrogens (primary N) is 1. The van der Waals surface area contributed by atoms with E-state index in [0.29, 0.717) is 11.8 Å². The summed E-state index contributed by atoms with van der Waals surface area (Å²) in [5.74, 6) is 0.315. The van der Waals surface area contributed by atoms with Crippen molar-refractivity contribution in [3.8, 4) is 5.75 Å². The second-order valence-corrected chi connectivity index (χ2v) is 5.43. The minimum atomic E-state index is 0.315. The first-order chi connectivity index (χ1) is 8.13. The van der Waals surface area contributed by atoms with E-state index in [0.717, 1.165) is 10.9 Å². The SMILES string of the molecule is CCCCc1ccc(O)c(Br)c1.NC1CCC1. The Bertz CT molecular complexity index is 337. The van der Waals surface area contributed by atoms with E-state index >= 15 is 0 Å². The van der Waals surface area contributed by atoms with Gasteiger partial charge in [-0.1, -0.05) is 25.8 Å². The van der Waals surface area contributed by atoms with Gasteiger partial charge in [0.15, 0.2) is 0 Å². The van der Waals surface area contributed by atoms with Gasteiger partial charge in [0.05, 0.1) is 4.47 Å². The van der Waals surface area contributed by atoms with E-state index in [9.17, 15) is 5.11 Å². The molecular weight excluding hydrogens is 278 g/mol. The number of halogens is 1. The third-order valence-electron chi connectivity index (χ3n) is 2.98.